The highest BCUT2D eigenvalue weighted by atomic mass is 19.1. The summed E-state index contributed by atoms with van der Waals surface area (Å²) < 4.78 is 32.0. The molecule has 0 aliphatic heterocycles. The molecule has 4 aromatic carbocycles. The van der Waals surface area contributed by atoms with Crippen LogP contribution in [0.2, 0.25) is 0 Å². The Morgan fingerprint density at radius 1 is 1.08 bits per heavy atom. The predicted octanol–water partition coefficient (Wildman–Crippen LogP) is 6.85. The maximum atomic E-state index is 14.0. The fourth-order valence-corrected chi connectivity index (χ4v) is 5.21. The van der Waals surface area contributed by atoms with E-state index in [2.05, 4.69) is 10.4 Å². The van der Waals surface area contributed by atoms with Crippen molar-refractivity contribution in [2.24, 2.45) is 5.10 Å². The van der Waals surface area contributed by atoms with Crippen LogP contribution in [0.3, 0.4) is 0 Å². The molecule has 0 fully saturated rings. The van der Waals surface area contributed by atoms with E-state index >= 15 is 0 Å². The summed E-state index contributed by atoms with van der Waals surface area (Å²) in [6.45, 7) is 7.07. The van der Waals surface area contributed by atoms with E-state index in [4.69, 9.17) is 19.2 Å². The summed E-state index contributed by atoms with van der Waals surface area (Å²) in [5.74, 6) is -0.645. The van der Waals surface area contributed by atoms with Gasteiger partial charge in [0.1, 0.15) is 11.6 Å². The van der Waals surface area contributed by atoms with Gasteiger partial charge in [0.15, 0.2) is 18.2 Å². The van der Waals surface area contributed by atoms with E-state index in [-0.39, 0.29) is 41.1 Å². The number of benzene rings is 4. The van der Waals surface area contributed by atoms with Crippen LogP contribution < -0.4 is 25.1 Å². The van der Waals surface area contributed by atoms with Crippen LogP contribution in [-0.2, 0) is 4.79 Å². The van der Waals surface area contributed by atoms with Gasteiger partial charge in [0.05, 0.1) is 41.4 Å². The van der Waals surface area contributed by atoms with Crippen LogP contribution in [0.4, 0.5) is 15.8 Å². The van der Waals surface area contributed by atoms with Gasteiger partial charge in [-0.25, -0.2) is 9.37 Å². The number of amides is 1. The molecule has 5 aromatic rings. The third-order valence-electron chi connectivity index (χ3n) is 7.57. The van der Waals surface area contributed by atoms with Crippen LogP contribution in [0.15, 0.2) is 82.7 Å². The van der Waals surface area contributed by atoms with Crippen LogP contribution in [0.5, 0.6) is 17.2 Å². The van der Waals surface area contributed by atoms with E-state index in [1.807, 2.05) is 32.9 Å². The molecule has 0 radical (unpaired) electrons. The standard InChI is InChI=1S/C36H34FN5O7/c1-6-48-32-17-23(16-30(42(45)46)34(32)49-20-33(43)39-29-14-10-8-12-27(29)37)19-38-41-35(40-28-13-9-7-11-24(28)36(41)44)26-18-25(21(2)3)31(47-5)15-22(26)4/h7-19,21H,6,20H2,1-5H3,(H,39,43). The van der Waals surface area contributed by atoms with Gasteiger partial charge in [-0.05, 0) is 73.4 Å². The zero-order chi connectivity index (χ0) is 35.2. The van der Waals surface area contributed by atoms with Gasteiger partial charge in [0.25, 0.3) is 11.5 Å². The lowest BCUT2D eigenvalue weighted by Crippen LogP contribution is -2.21. The van der Waals surface area contributed by atoms with E-state index in [9.17, 15) is 24.1 Å². The fraction of sp³-hybridized carbons (Fsp3) is 0.222. The second-order valence-electron chi connectivity index (χ2n) is 11.3. The highest BCUT2D eigenvalue weighted by Gasteiger charge is 2.24. The minimum atomic E-state index is -0.738. The summed E-state index contributed by atoms with van der Waals surface area (Å²) in [4.78, 5) is 42.7. The molecule has 0 aliphatic carbocycles. The number of hydrogen-bond acceptors (Lipinski definition) is 9. The van der Waals surface area contributed by atoms with Gasteiger partial charge in [-0.15, -0.1) is 0 Å². The molecule has 0 saturated heterocycles. The van der Waals surface area contributed by atoms with Crippen molar-refractivity contribution in [3.63, 3.8) is 0 Å². The summed E-state index contributed by atoms with van der Waals surface area (Å²) in [6, 6.07) is 18.9. The number of carbonyl (C=O) groups is 1. The first kappa shape index (κ1) is 34.2. The minimum absolute atomic E-state index is 0.0337. The number of aryl methyl sites for hydroxylation is 1. The number of hydrogen-bond donors (Lipinski definition) is 1. The molecule has 5 rings (SSSR count). The summed E-state index contributed by atoms with van der Waals surface area (Å²) in [6.07, 6.45) is 1.29. The number of carbonyl (C=O) groups excluding carboxylic acids is 1. The number of nitro benzene ring substituents is 1. The molecule has 12 nitrogen and oxygen atoms in total. The fourth-order valence-electron chi connectivity index (χ4n) is 5.21. The molecule has 49 heavy (non-hydrogen) atoms. The van der Waals surface area contributed by atoms with Crippen LogP contribution in [0, 0.1) is 22.9 Å². The second kappa shape index (κ2) is 14.8. The summed E-state index contributed by atoms with van der Waals surface area (Å²) in [5, 5.41) is 19.4. The van der Waals surface area contributed by atoms with Crippen LogP contribution in [0.1, 0.15) is 43.4 Å². The Balaban J connectivity index is 1.58. The normalized spacial score (nSPS) is 11.2. The van der Waals surface area contributed by atoms with E-state index in [1.165, 1.54) is 36.5 Å². The molecule has 0 bridgehead atoms. The van der Waals surface area contributed by atoms with E-state index in [0.717, 1.165) is 15.8 Å². The van der Waals surface area contributed by atoms with Crippen LogP contribution in [-0.4, -0.2) is 47.0 Å². The Labute approximate surface area is 280 Å². The highest BCUT2D eigenvalue weighted by molar-refractivity contribution is 5.92. The Morgan fingerprint density at radius 2 is 1.82 bits per heavy atom. The third-order valence-corrected chi connectivity index (χ3v) is 7.57. The van der Waals surface area contributed by atoms with Crippen molar-refractivity contribution in [2.45, 2.75) is 33.6 Å². The molecule has 0 spiro atoms. The third kappa shape index (κ3) is 7.40. The monoisotopic (exact) mass is 667 g/mol. The van der Waals surface area contributed by atoms with E-state index in [1.54, 1.807) is 44.4 Å². The molecule has 0 unspecified atom stereocenters. The molecule has 252 valence electrons. The Hall–Kier alpha value is -6.11. The number of fused-ring (bicyclic) bond motifs is 1. The van der Waals surface area contributed by atoms with Gasteiger partial charge in [-0.2, -0.15) is 9.78 Å². The molecular weight excluding hydrogens is 633 g/mol. The van der Waals surface area contributed by atoms with Crippen LogP contribution >= 0.6 is 0 Å². The predicted molar refractivity (Wildman–Crippen MR) is 185 cm³/mol. The zero-order valence-corrected chi connectivity index (χ0v) is 27.5. The van der Waals surface area contributed by atoms with Crippen molar-refractivity contribution in [3.8, 4) is 28.6 Å². The lowest BCUT2D eigenvalue weighted by Gasteiger charge is -2.17. The Kier molecular flexibility index (Phi) is 10.3. The number of rotatable bonds is 12. The van der Waals surface area contributed by atoms with Crippen molar-refractivity contribution in [2.75, 3.05) is 25.6 Å². The number of halogens is 1. The molecule has 1 heterocycles. The second-order valence-corrected chi connectivity index (χ2v) is 11.3. The summed E-state index contributed by atoms with van der Waals surface area (Å²) >= 11 is 0. The Bertz CT molecular complexity index is 2150. The average Bonchev–Trinajstić information content (AvgIpc) is 3.08. The number of nitro groups is 1. The van der Waals surface area contributed by atoms with Crippen molar-refractivity contribution in [1.82, 2.24) is 9.66 Å². The largest absolute Gasteiger partial charge is 0.496 e. The number of aromatic nitrogens is 2. The van der Waals surface area contributed by atoms with Crippen LogP contribution in [0.25, 0.3) is 22.3 Å². The number of nitrogens with one attached hydrogen (secondary N) is 1. The maximum Gasteiger partial charge on any atom is 0.315 e. The number of anilines is 1. The first-order chi connectivity index (χ1) is 23.5. The number of nitrogens with zero attached hydrogens (tertiary/aromatic N) is 4. The molecular formula is C36H34FN5O7. The van der Waals surface area contributed by atoms with Gasteiger partial charge in [0.2, 0.25) is 5.75 Å². The molecule has 0 aliphatic rings. The number of para-hydroxylation sites is 2. The lowest BCUT2D eigenvalue weighted by molar-refractivity contribution is -0.385. The van der Waals surface area contributed by atoms with Gasteiger partial charge < -0.3 is 19.5 Å². The summed E-state index contributed by atoms with van der Waals surface area (Å²) in [5.41, 5.74) is 2.02. The van der Waals surface area contributed by atoms with Gasteiger partial charge in [-0.3, -0.25) is 19.7 Å². The minimum Gasteiger partial charge on any atom is -0.496 e. The molecule has 13 heteroatoms. The zero-order valence-electron chi connectivity index (χ0n) is 27.5. The molecule has 0 saturated carbocycles. The maximum absolute atomic E-state index is 14.0. The first-order valence-corrected chi connectivity index (χ1v) is 15.4. The average molecular weight is 668 g/mol. The van der Waals surface area contributed by atoms with Crippen molar-refractivity contribution in [1.29, 1.82) is 0 Å². The smallest absolute Gasteiger partial charge is 0.315 e. The summed E-state index contributed by atoms with van der Waals surface area (Å²) in [7, 11) is 1.60. The lowest BCUT2D eigenvalue weighted by atomic mass is 9.96. The van der Waals surface area contributed by atoms with Crippen molar-refractivity contribution in [3.05, 3.63) is 116 Å². The van der Waals surface area contributed by atoms with E-state index in [0.29, 0.717) is 22.2 Å². The Morgan fingerprint density at radius 3 is 2.51 bits per heavy atom. The number of methoxy groups -OCH3 is 1. The van der Waals surface area contributed by atoms with E-state index < -0.39 is 34.5 Å². The molecule has 1 N–H and O–H groups in total. The SMILES string of the molecule is CCOc1cc(C=Nn2c(-c3cc(C(C)C)c(OC)cc3C)nc3ccccc3c2=O)cc([N+](=O)[O-])c1OCC(=O)Nc1ccccc1F. The van der Waals surface area contributed by atoms with Gasteiger partial charge >= 0.3 is 5.69 Å². The topological polar surface area (TPSA) is 147 Å². The molecule has 0 atom stereocenters. The first-order valence-electron chi connectivity index (χ1n) is 15.4. The molecule has 1 amide bonds. The van der Waals surface area contributed by atoms with Crippen molar-refractivity contribution >= 4 is 34.4 Å². The quantitative estimate of drug-likeness (QED) is 0.0863. The van der Waals surface area contributed by atoms with Crippen molar-refractivity contribution < 1.29 is 28.3 Å². The van der Waals surface area contributed by atoms with Gasteiger partial charge in [0, 0.05) is 17.2 Å². The number of ether oxygens (including phenoxy) is 3. The highest BCUT2D eigenvalue weighted by Crippen LogP contribution is 2.39. The molecule has 1 aromatic heterocycles. The van der Waals surface area contributed by atoms with Gasteiger partial charge in [-0.1, -0.05) is 38.1 Å².